The molecule has 4 heteroatoms. The van der Waals surface area contributed by atoms with E-state index in [0.29, 0.717) is 6.61 Å². The van der Waals surface area contributed by atoms with Crippen molar-refractivity contribution < 1.29 is 14.3 Å². The van der Waals surface area contributed by atoms with Crippen molar-refractivity contribution in [1.29, 1.82) is 0 Å². The number of carbonyl (C=O) groups is 1. The second kappa shape index (κ2) is 6.80. The SMILES string of the molecule is CCCOC(=O)C(C)NC1CCCCO1. The number of ether oxygens (including phenoxy) is 2. The maximum Gasteiger partial charge on any atom is 0.322 e. The van der Waals surface area contributed by atoms with E-state index in [9.17, 15) is 4.79 Å². The highest BCUT2D eigenvalue weighted by Gasteiger charge is 2.20. The summed E-state index contributed by atoms with van der Waals surface area (Å²) >= 11 is 0. The molecule has 2 unspecified atom stereocenters. The van der Waals surface area contributed by atoms with Gasteiger partial charge in [-0.1, -0.05) is 6.92 Å². The zero-order valence-corrected chi connectivity index (χ0v) is 9.62. The van der Waals surface area contributed by atoms with Crippen molar-refractivity contribution in [3.8, 4) is 0 Å². The van der Waals surface area contributed by atoms with Crippen LogP contribution in [0.4, 0.5) is 0 Å². The third kappa shape index (κ3) is 4.62. The van der Waals surface area contributed by atoms with Crippen molar-refractivity contribution in [3.05, 3.63) is 0 Å². The van der Waals surface area contributed by atoms with Crippen LogP contribution >= 0.6 is 0 Å². The Morgan fingerprint density at radius 1 is 1.60 bits per heavy atom. The van der Waals surface area contributed by atoms with E-state index in [0.717, 1.165) is 32.3 Å². The lowest BCUT2D eigenvalue weighted by Crippen LogP contribution is -2.44. The monoisotopic (exact) mass is 215 g/mol. The van der Waals surface area contributed by atoms with Gasteiger partial charge in [-0.3, -0.25) is 10.1 Å². The van der Waals surface area contributed by atoms with Gasteiger partial charge in [-0.2, -0.15) is 0 Å². The van der Waals surface area contributed by atoms with Crippen LogP contribution in [0.3, 0.4) is 0 Å². The molecule has 0 aromatic carbocycles. The Hall–Kier alpha value is -0.610. The summed E-state index contributed by atoms with van der Waals surface area (Å²) < 4.78 is 10.5. The van der Waals surface area contributed by atoms with E-state index >= 15 is 0 Å². The van der Waals surface area contributed by atoms with E-state index in [1.165, 1.54) is 0 Å². The molecule has 0 aliphatic carbocycles. The molecule has 1 N–H and O–H groups in total. The summed E-state index contributed by atoms with van der Waals surface area (Å²) in [7, 11) is 0. The highest BCUT2D eigenvalue weighted by molar-refractivity contribution is 5.75. The van der Waals surface area contributed by atoms with Gasteiger partial charge in [0.1, 0.15) is 12.3 Å². The first kappa shape index (κ1) is 12.5. The average Bonchev–Trinajstić information content (AvgIpc) is 2.27. The summed E-state index contributed by atoms with van der Waals surface area (Å²) in [6.07, 6.45) is 4.13. The molecular weight excluding hydrogens is 194 g/mol. The van der Waals surface area contributed by atoms with E-state index < -0.39 is 0 Å². The number of nitrogens with one attached hydrogen (secondary N) is 1. The molecule has 0 radical (unpaired) electrons. The number of esters is 1. The molecule has 1 heterocycles. The molecule has 1 aliphatic rings. The standard InChI is InChI=1S/C11H21NO3/c1-3-7-15-11(13)9(2)12-10-6-4-5-8-14-10/h9-10,12H,3-8H2,1-2H3. The van der Waals surface area contributed by atoms with Crippen LogP contribution < -0.4 is 5.32 Å². The Labute approximate surface area is 91.3 Å². The zero-order chi connectivity index (χ0) is 11.1. The van der Waals surface area contributed by atoms with Crippen LogP contribution in [-0.2, 0) is 14.3 Å². The first-order valence-corrected chi connectivity index (χ1v) is 5.78. The number of hydrogen-bond donors (Lipinski definition) is 1. The van der Waals surface area contributed by atoms with Gasteiger partial charge >= 0.3 is 5.97 Å². The quantitative estimate of drug-likeness (QED) is 0.705. The van der Waals surface area contributed by atoms with Crippen LogP contribution in [0.5, 0.6) is 0 Å². The van der Waals surface area contributed by atoms with Gasteiger partial charge in [0.05, 0.1) is 6.61 Å². The molecule has 2 atom stereocenters. The Balaban J connectivity index is 2.20. The van der Waals surface area contributed by atoms with Gasteiger partial charge in [-0.25, -0.2) is 0 Å². The van der Waals surface area contributed by atoms with Gasteiger partial charge in [-0.05, 0) is 32.6 Å². The number of hydrogen-bond acceptors (Lipinski definition) is 4. The molecule has 0 aromatic heterocycles. The number of carbonyl (C=O) groups excluding carboxylic acids is 1. The fraction of sp³-hybridized carbons (Fsp3) is 0.909. The van der Waals surface area contributed by atoms with E-state index in [1.807, 2.05) is 13.8 Å². The Morgan fingerprint density at radius 2 is 2.40 bits per heavy atom. The minimum Gasteiger partial charge on any atom is -0.465 e. The fourth-order valence-electron chi connectivity index (χ4n) is 1.55. The first-order valence-electron chi connectivity index (χ1n) is 5.78. The fourth-order valence-corrected chi connectivity index (χ4v) is 1.55. The van der Waals surface area contributed by atoms with Gasteiger partial charge in [0.25, 0.3) is 0 Å². The summed E-state index contributed by atoms with van der Waals surface area (Å²) in [6, 6.07) is -0.278. The normalized spacial score (nSPS) is 23.5. The predicted molar refractivity (Wildman–Crippen MR) is 57.4 cm³/mol. The van der Waals surface area contributed by atoms with Crippen molar-refractivity contribution in [2.24, 2.45) is 0 Å². The average molecular weight is 215 g/mol. The molecule has 1 saturated heterocycles. The Morgan fingerprint density at radius 3 is 3.00 bits per heavy atom. The van der Waals surface area contributed by atoms with Gasteiger partial charge in [-0.15, -0.1) is 0 Å². The molecule has 1 rings (SSSR count). The first-order chi connectivity index (χ1) is 7.24. The van der Waals surface area contributed by atoms with Crippen molar-refractivity contribution in [1.82, 2.24) is 5.32 Å². The van der Waals surface area contributed by atoms with E-state index in [2.05, 4.69) is 5.32 Å². The summed E-state index contributed by atoms with van der Waals surface area (Å²) in [5, 5.41) is 3.13. The Kier molecular flexibility index (Phi) is 5.65. The van der Waals surface area contributed by atoms with Gasteiger partial charge in [0, 0.05) is 6.61 Å². The summed E-state index contributed by atoms with van der Waals surface area (Å²) in [5.74, 6) is -0.189. The van der Waals surface area contributed by atoms with E-state index in [-0.39, 0.29) is 18.2 Å². The molecule has 1 aliphatic heterocycles. The molecule has 0 aromatic rings. The third-order valence-electron chi connectivity index (χ3n) is 2.42. The van der Waals surface area contributed by atoms with Gasteiger partial charge < -0.3 is 9.47 Å². The molecule has 4 nitrogen and oxygen atoms in total. The topological polar surface area (TPSA) is 47.6 Å². The summed E-state index contributed by atoms with van der Waals surface area (Å²) in [6.45, 7) is 5.08. The van der Waals surface area contributed by atoms with Crippen LogP contribution in [0.2, 0.25) is 0 Å². The molecular formula is C11H21NO3. The summed E-state index contributed by atoms with van der Waals surface area (Å²) in [4.78, 5) is 11.4. The maximum absolute atomic E-state index is 11.4. The molecule has 15 heavy (non-hydrogen) atoms. The molecule has 88 valence electrons. The molecule has 0 saturated carbocycles. The van der Waals surface area contributed by atoms with Gasteiger partial charge in [0.15, 0.2) is 0 Å². The van der Waals surface area contributed by atoms with Crippen molar-refractivity contribution in [2.45, 2.75) is 51.8 Å². The number of rotatable bonds is 5. The second-order valence-corrected chi connectivity index (χ2v) is 3.91. The molecule has 0 bridgehead atoms. The van der Waals surface area contributed by atoms with Crippen molar-refractivity contribution >= 4 is 5.97 Å². The predicted octanol–water partition coefficient (Wildman–Crippen LogP) is 1.44. The minimum atomic E-state index is -0.278. The Bertz CT molecular complexity index is 190. The van der Waals surface area contributed by atoms with Crippen molar-refractivity contribution in [2.75, 3.05) is 13.2 Å². The zero-order valence-electron chi connectivity index (χ0n) is 9.62. The van der Waals surface area contributed by atoms with E-state index in [4.69, 9.17) is 9.47 Å². The molecule has 1 fully saturated rings. The van der Waals surface area contributed by atoms with Crippen LogP contribution in [-0.4, -0.2) is 31.5 Å². The lowest BCUT2D eigenvalue weighted by molar-refractivity contribution is -0.147. The maximum atomic E-state index is 11.4. The molecule has 0 amide bonds. The summed E-state index contributed by atoms with van der Waals surface area (Å²) in [5.41, 5.74) is 0. The minimum absolute atomic E-state index is 0.0166. The lowest BCUT2D eigenvalue weighted by atomic mass is 10.2. The largest absolute Gasteiger partial charge is 0.465 e. The van der Waals surface area contributed by atoms with Gasteiger partial charge in [0.2, 0.25) is 0 Å². The van der Waals surface area contributed by atoms with E-state index in [1.54, 1.807) is 0 Å². The highest BCUT2D eigenvalue weighted by atomic mass is 16.5. The smallest absolute Gasteiger partial charge is 0.322 e. The van der Waals surface area contributed by atoms with Crippen LogP contribution in [0, 0.1) is 0 Å². The van der Waals surface area contributed by atoms with Crippen LogP contribution in [0.15, 0.2) is 0 Å². The third-order valence-corrected chi connectivity index (χ3v) is 2.42. The van der Waals surface area contributed by atoms with Crippen LogP contribution in [0.25, 0.3) is 0 Å². The van der Waals surface area contributed by atoms with Crippen molar-refractivity contribution in [3.63, 3.8) is 0 Å². The second-order valence-electron chi connectivity index (χ2n) is 3.91. The molecule has 0 spiro atoms. The van der Waals surface area contributed by atoms with Crippen LogP contribution in [0.1, 0.15) is 39.5 Å². The highest BCUT2D eigenvalue weighted by Crippen LogP contribution is 2.11. The lowest BCUT2D eigenvalue weighted by Gasteiger charge is -2.26.